The summed E-state index contributed by atoms with van der Waals surface area (Å²) in [7, 11) is -2.68. The molecule has 0 spiro atoms. The number of benzene rings is 3. The lowest BCUT2D eigenvalue weighted by Crippen LogP contribution is -2.15. The van der Waals surface area contributed by atoms with E-state index in [2.05, 4.69) is 10.0 Å². The number of carbonyl (C=O) groups excluding carboxylic acids is 1. The van der Waals surface area contributed by atoms with Crippen molar-refractivity contribution in [1.82, 2.24) is 0 Å². The van der Waals surface area contributed by atoms with Crippen LogP contribution in [-0.2, 0) is 10.0 Å². The number of carbonyl (C=O) groups is 1. The fourth-order valence-electron chi connectivity index (χ4n) is 2.93. The summed E-state index contributed by atoms with van der Waals surface area (Å²) in [4.78, 5) is 12.5. The second kappa shape index (κ2) is 7.71. The van der Waals surface area contributed by atoms with Crippen LogP contribution < -0.4 is 19.5 Å². The minimum Gasteiger partial charge on any atom is -0.495 e. The van der Waals surface area contributed by atoms with Gasteiger partial charge in [0.2, 0.25) is 0 Å². The minimum atomic E-state index is -4.04. The van der Waals surface area contributed by atoms with Gasteiger partial charge >= 0.3 is 0 Å². The van der Waals surface area contributed by atoms with Crippen LogP contribution in [-0.4, -0.2) is 21.4 Å². The van der Waals surface area contributed by atoms with E-state index in [0.29, 0.717) is 16.5 Å². The molecule has 154 valence electrons. The Morgan fingerprint density at radius 1 is 0.967 bits per heavy atom. The van der Waals surface area contributed by atoms with E-state index in [9.17, 15) is 13.2 Å². The quantitative estimate of drug-likeness (QED) is 0.555. The van der Waals surface area contributed by atoms with E-state index in [-0.39, 0.29) is 32.7 Å². The Morgan fingerprint density at radius 3 is 2.43 bits per heavy atom. The maximum absolute atomic E-state index is 12.9. The third kappa shape index (κ3) is 3.89. The summed E-state index contributed by atoms with van der Waals surface area (Å²) in [6.07, 6.45) is 0. The highest BCUT2D eigenvalue weighted by molar-refractivity contribution is 7.92. The maximum Gasteiger partial charge on any atom is 0.265 e. The topological polar surface area (TPSA) is 93.7 Å². The molecule has 2 N–H and O–H groups in total. The minimum absolute atomic E-state index is 0.129. The van der Waals surface area contributed by atoms with Crippen LogP contribution in [0.1, 0.15) is 10.4 Å². The number of hydrogen-bond donors (Lipinski definition) is 2. The van der Waals surface area contributed by atoms with E-state index < -0.39 is 15.9 Å². The van der Waals surface area contributed by atoms with Crippen LogP contribution in [0.4, 0.5) is 11.4 Å². The largest absolute Gasteiger partial charge is 0.495 e. The molecule has 1 aliphatic heterocycles. The fraction of sp³-hybridized carbons (Fsp3) is 0.0500. The van der Waals surface area contributed by atoms with Crippen LogP contribution in [0.15, 0.2) is 59.5 Å². The van der Waals surface area contributed by atoms with Gasteiger partial charge in [-0.2, -0.15) is 0 Å². The third-order valence-corrected chi connectivity index (χ3v) is 6.17. The molecule has 0 saturated carbocycles. The smallest absolute Gasteiger partial charge is 0.265 e. The normalized spacial score (nSPS) is 12.7. The molecule has 1 heterocycles. The Balaban J connectivity index is 1.69. The zero-order chi connectivity index (χ0) is 21.5. The predicted molar refractivity (Wildman–Crippen MR) is 115 cm³/mol. The molecule has 0 atom stereocenters. The van der Waals surface area contributed by atoms with E-state index in [4.69, 9.17) is 32.7 Å². The lowest BCUT2D eigenvalue weighted by molar-refractivity contribution is 0.102. The lowest BCUT2D eigenvalue weighted by atomic mass is 10.1. The van der Waals surface area contributed by atoms with Gasteiger partial charge in [-0.1, -0.05) is 23.2 Å². The number of methoxy groups -OCH3 is 1. The fourth-order valence-corrected chi connectivity index (χ4v) is 4.58. The van der Waals surface area contributed by atoms with Crippen molar-refractivity contribution in [3.8, 4) is 17.2 Å². The van der Waals surface area contributed by atoms with Crippen LogP contribution in [0.2, 0.25) is 10.0 Å². The van der Waals surface area contributed by atoms with Crippen molar-refractivity contribution in [2.75, 3.05) is 17.1 Å². The number of halogens is 2. The molecule has 4 rings (SSSR count). The molecule has 3 aromatic carbocycles. The molecule has 0 fully saturated rings. The summed E-state index contributed by atoms with van der Waals surface area (Å²) in [5.74, 6) is 0.364. The van der Waals surface area contributed by atoms with Crippen molar-refractivity contribution in [2.24, 2.45) is 0 Å². The number of amides is 1. The van der Waals surface area contributed by atoms with Crippen molar-refractivity contribution >= 4 is 50.5 Å². The van der Waals surface area contributed by atoms with E-state index in [1.165, 1.54) is 43.5 Å². The van der Waals surface area contributed by atoms with Gasteiger partial charge in [-0.25, -0.2) is 8.42 Å². The first-order valence-corrected chi connectivity index (χ1v) is 10.8. The van der Waals surface area contributed by atoms with Gasteiger partial charge in [-0.05, 0) is 54.6 Å². The molecule has 1 aliphatic rings. The van der Waals surface area contributed by atoms with Crippen molar-refractivity contribution in [2.45, 2.75) is 4.90 Å². The molecule has 3 aromatic rings. The molecular weight excluding hydrogens is 451 g/mol. The standard InChI is InChI=1S/C20H14Cl2N2O5S/c1-28-18-6-3-12(22)9-19(18)30(26,27)24-13-4-7-16-14(10-13)20(25)23-15-8-11(21)2-5-17(15)29-16/h2-10,24H,1H3,(H,23,25). The zero-order valence-corrected chi connectivity index (χ0v) is 17.7. The Labute approximate surface area is 182 Å². The highest BCUT2D eigenvalue weighted by Crippen LogP contribution is 2.38. The number of ether oxygens (including phenoxy) is 2. The van der Waals surface area contributed by atoms with E-state index in [0.717, 1.165) is 0 Å². The molecule has 0 radical (unpaired) electrons. The number of sulfonamides is 1. The number of anilines is 2. The summed E-state index contributed by atoms with van der Waals surface area (Å²) in [6.45, 7) is 0. The monoisotopic (exact) mass is 464 g/mol. The molecule has 30 heavy (non-hydrogen) atoms. The molecule has 7 nitrogen and oxygen atoms in total. The molecule has 0 unspecified atom stereocenters. The van der Waals surface area contributed by atoms with E-state index in [1.807, 2.05) is 0 Å². The number of nitrogens with one attached hydrogen (secondary N) is 2. The van der Waals surface area contributed by atoms with Gasteiger partial charge in [0.25, 0.3) is 15.9 Å². The molecule has 0 saturated heterocycles. The number of rotatable bonds is 4. The zero-order valence-electron chi connectivity index (χ0n) is 15.4. The van der Waals surface area contributed by atoms with Crippen LogP contribution in [0, 0.1) is 0 Å². The van der Waals surface area contributed by atoms with Gasteiger partial charge in [-0.15, -0.1) is 0 Å². The summed E-state index contributed by atoms with van der Waals surface area (Å²) in [5, 5.41) is 3.38. The Morgan fingerprint density at radius 2 is 1.67 bits per heavy atom. The Hall–Kier alpha value is -2.94. The highest BCUT2D eigenvalue weighted by Gasteiger charge is 2.24. The summed E-state index contributed by atoms with van der Waals surface area (Å²) < 4.78 is 39.1. The number of hydrogen-bond acceptors (Lipinski definition) is 5. The van der Waals surface area contributed by atoms with Crippen molar-refractivity contribution in [3.63, 3.8) is 0 Å². The lowest BCUT2D eigenvalue weighted by Gasteiger charge is -2.13. The Bertz CT molecular complexity index is 1280. The van der Waals surface area contributed by atoms with Crippen molar-refractivity contribution < 1.29 is 22.7 Å². The van der Waals surface area contributed by atoms with Gasteiger partial charge in [0.1, 0.15) is 16.4 Å². The van der Waals surface area contributed by atoms with Gasteiger partial charge in [0.15, 0.2) is 5.75 Å². The maximum atomic E-state index is 12.9. The average molecular weight is 465 g/mol. The van der Waals surface area contributed by atoms with Crippen molar-refractivity contribution in [1.29, 1.82) is 0 Å². The first-order valence-electron chi connectivity index (χ1n) is 8.56. The second-order valence-corrected chi connectivity index (χ2v) is 8.83. The van der Waals surface area contributed by atoms with Crippen LogP contribution in [0.3, 0.4) is 0 Å². The molecule has 10 heteroatoms. The van der Waals surface area contributed by atoms with Gasteiger partial charge in [0.05, 0.1) is 18.4 Å². The molecule has 0 bridgehead atoms. The third-order valence-electron chi connectivity index (χ3n) is 4.30. The van der Waals surface area contributed by atoms with E-state index in [1.54, 1.807) is 18.2 Å². The first kappa shape index (κ1) is 20.3. The molecule has 1 amide bonds. The number of fused-ring (bicyclic) bond motifs is 2. The van der Waals surface area contributed by atoms with Gasteiger partial charge < -0.3 is 14.8 Å². The van der Waals surface area contributed by atoms with Crippen LogP contribution in [0.25, 0.3) is 0 Å². The SMILES string of the molecule is COc1ccc(Cl)cc1S(=O)(=O)Nc1ccc2c(c1)C(=O)Nc1cc(Cl)ccc1O2. The van der Waals surface area contributed by atoms with Crippen LogP contribution >= 0.6 is 23.2 Å². The summed E-state index contributed by atoms with van der Waals surface area (Å²) in [6, 6.07) is 13.5. The van der Waals surface area contributed by atoms with Gasteiger partial charge in [-0.3, -0.25) is 9.52 Å². The Kier molecular flexibility index (Phi) is 5.23. The van der Waals surface area contributed by atoms with Crippen molar-refractivity contribution in [3.05, 3.63) is 70.2 Å². The van der Waals surface area contributed by atoms with Crippen LogP contribution in [0.5, 0.6) is 17.2 Å². The summed E-state index contributed by atoms with van der Waals surface area (Å²) in [5.41, 5.74) is 0.730. The average Bonchev–Trinajstić information content (AvgIpc) is 2.83. The van der Waals surface area contributed by atoms with E-state index >= 15 is 0 Å². The highest BCUT2D eigenvalue weighted by atomic mass is 35.5. The molecular formula is C20H14Cl2N2O5S. The molecule has 0 aliphatic carbocycles. The van der Waals surface area contributed by atoms with Gasteiger partial charge in [0, 0.05) is 15.7 Å². The second-order valence-electron chi connectivity index (χ2n) is 6.31. The predicted octanol–water partition coefficient (Wildman–Crippen LogP) is 5.16. The summed E-state index contributed by atoms with van der Waals surface area (Å²) >= 11 is 11.9. The molecule has 0 aromatic heterocycles. The first-order chi connectivity index (χ1) is 14.3.